The first-order valence-corrected chi connectivity index (χ1v) is 9.86. The molecule has 0 radical (unpaired) electrons. The maximum atomic E-state index is 12.3. The third-order valence-electron chi connectivity index (χ3n) is 5.15. The fourth-order valence-corrected chi connectivity index (χ4v) is 3.75. The molecule has 2 aliphatic rings. The number of amides is 4. The topological polar surface area (TPSA) is 73.5 Å². The van der Waals surface area contributed by atoms with Crippen LogP contribution in [-0.2, 0) is 0 Å². The third kappa shape index (κ3) is 5.53. The van der Waals surface area contributed by atoms with Crippen LogP contribution in [0.25, 0.3) is 0 Å². The van der Waals surface area contributed by atoms with E-state index < -0.39 is 0 Å². The summed E-state index contributed by atoms with van der Waals surface area (Å²) >= 11 is 5.85. The zero-order valence-corrected chi connectivity index (χ0v) is 15.7. The molecule has 0 spiro atoms. The smallest absolute Gasteiger partial charge is 0.321 e. The molecule has 0 aromatic heterocycles. The Balaban J connectivity index is 1.38. The molecular weight excluding hydrogens is 352 g/mol. The number of likely N-dealkylation sites (tertiary alicyclic amines) is 1. The van der Waals surface area contributed by atoms with E-state index >= 15 is 0 Å². The molecule has 26 heavy (non-hydrogen) atoms. The molecule has 7 heteroatoms. The van der Waals surface area contributed by atoms with Crippen LogP contribution < -0.4 is 16.0 Å². The standard InChI is InChI=1S/C19H27ClN4O2/c20-14-6-8-16(9-7-14)23-19(26)24-12-10-17(11-13-24)22-18(25)21-15-4-2-1-3-5-15/h6-9,15,17H,1-5,10-13H2,(H,23,26)(H2,21,22,25). The molecular formula is C19H27ClN4O2. The third-order valence-corrected chi connectivity index (χ3v) is 5.41. The minimum Gasteiger partial charge on any atom is -0.335 e. The highest BCUT2D eigenvalue weighted by atomic mass is 35.5. The summed E-state index contributed by atoms with van der Waals surface area (Å²) in [6.45, 7) is 1.27. The molecule has 1 aromatic carbocycles. The van der Waals surface area contributed by atoms with Crippen molar-refractivity contribution < 1.29 is 9.59 Å². The van der Waals surface area contributed by atoms with E-state index in [0.29, 0.717) is 24.2 Å². The first-order chi connectivity index (χ1) is 12.6. The van der Waals surface area contributed by atoms with E-state index in [1.165, 1.54) is 19.3 Å². The Labute approximate surface area is 159 Å². The normalized spacial score (nSPS) is 19.0. The zero-order chi connectivity index (χ0) is 18.4. The first kappa shape index (κ1) is 18.8. The number of urea groups is 2. The molecule has 2 fully saturated rings. The van der Waals surface area contributed by atoms with Crippen LogP contribution in [0.3, 0.4) is 0 Å². The summed E-state index contributed by atoms with van der Waals surface area (Å²) in [7, 11) is 0. The monoisotopic (exact) mass is 378 g/mol. The van der Waals surface area contributed by atoms with Gasteiger partial charge in [-0.05, 0) is 49.9 Å². The molecule has 1 aliphatic carbocycles. The number of piperidine rings is 1. The van der Waals surface area contributed by atoms with Gasteiger partial charge in [0, 0.05) is 35.9 Å². The van der Waals surface area contributed by atoms with Crippen molar-refractivity contribution in [1.82, 2.24) is 15.5 Å². The molecule has 3 N–H and O–H groups in total. The SMILES string of the molecule is O=C(NC1CCCCC1)NC1CCN(C(=O)Nc2ccc(Cl)cc2)CC1. The van der Waals surface area contributed by atoms with Gasteiger partial charge in [-0.1, -0.05) is 30.9 Å². The van der Waals surface area contributed by atoms with Crippen molar-refractivity contribution in [2.45, 2.75) is 57.0 Å². The van der Waals surface area contributed by atoms with Crippen molar-refractivity contribution in [2.24, 2.45) is 0 Å². The molecule has 4 amide bonds. The minimum absolute atomic E-state index is 0.0686. The van der Waals surface area contributed by atoms with Gasteiger partial charge >= 0.3 is 12.1 Å². The molecule has 1 saturated heterocycles. The second kappa shape index (κ2) is 9.12. The van der Waals surface area contributed by atoms with Crippen LogP contribution in [0, 0.1) is 0 Å². The summed E-state index contributed by atoms with van der Waals surface area (Å²) in [6.07, 6.45) is 7.38. The van der Waals surface area contributed by atoms with E-state index in [0.717, 1.165) is 31.4 Å². The highest BCUT2D eigenvalue weighted by Crippen LogP contribution is 2.18. The average Bonchev–Trinajstić information content (AvgIpc) is 2.65. The molecule has 1 aromatic rings. The van der Waals surface area contributed by atoms with E-state index in [9.17, 15) is 9.59 Å². The van der Waals surface area contributed by atoms with Crippen LogP contribution in [0.4, 0.5) is 15.3 Å². The Kier molecular flexibility index (Phi) is 6.61. The second-order valence-electron chi connectivity index (χ2n) is 7.15. The highest BCUT2D eigenvalue weighted by Gasteiger charge is 2.24. The largest absolute Gasteiger partial charge is 0.335 e. The molecule has 1 aliphatic heterocycles. The summed E-state index contributed by atoms with van der Waals surface area (Å²) in [5, 5.41) is 9.66. The number of halogens is 1. The van der Waals surface area contributed by atoms with Gasteiger partial charge in [0.15, 0.2) is 0 Å². The second-order valence-corrected chi connectivity index (χ2v) is 7.59. The number of rotatable bonds is 3. The van der Waals surface area contributed by atoms with Crippen LogP contribution in [0.5, 0.6) is 0 Å². The van der Waals surface area contributed by atoms with Gasteiger partial charge in [0.05, 0.1) is 0 Å². The molecule has 6 nitrogen and oxygen atoms in total. The summed E-state index contributed by atoms with van der Waals surface area (Å²) in [4.78, 5) is 26.2. The summed E-state index contributed by atoms with van der Waals surface area (Å²) in [5.41, 5.74) is 0.728. The van der Waals surface area contributed by atoms with E-state index in [-0.39, 0.29) is 18.1 Å². The lowest BCUT2D eigenvalue weighted by Crippen LogP contribution is -2.51. The van der Waals surface area contributed by atoms with Gasteiger partial charge in [0.2, 0.25) is 0 Å². The van der Waals surface area contributed by atoms with E-state index in [1.54, 1.807) is 29.2 Å². The summed E-state index contributed by atoms with van der Waals surface area (Å²) < 4.78 is 0. The Morgan fingerprint density at radius 3 is 2.08 bits per heavy atom. The molecule has 142 valence electrons. The molecule has 0 atom stereocenters. The van der Waals surface area contributed by atoms with Crippen molar-refractivity contribution in [3.63, 3.8) is 0 Å². The lowest BCUT2D eigenvalue weighted by molar-refractivity contribution is 0.186. The summed E-state index contributed by atoms with van der Waals surface area (Å²) in [6, 6.07) is 7.32. The Hall–Kier alpha value is -1.95. The van der Waals surface area contributed by atoms with E-state index in [2.05, 4.69) is 16.0 Å². The molecule has 0 unspecified atom stereocenters. The molecule has 0 bridgehead atoms. The van der Waals surface area contributed by atoms with Crippen LogP contribution >= 0.6 is 11.6 Å². The van der Waals surface area contributed by atoms with E-state index in [1.807, 2.05) is 0 Å². The molecule has 1 heterocycles. The molecule has 3 rings (SSSR count). The number of nitrogens with zero attached hydrogens (tertiary/aromatic N) is 1. The summed E-state index contributed by atoms with van der Waals surface area (Å²) in [5.74, 6) is 0. The lowest BCUT2D eigenvalue weighted by atomic mass is 9.96. The number of benzene rings is 1. The van der Waals surface area contributed by atoms with Crippen molar-refractivity contribution in [3.05, 3.63) is 29.3 Å². The van der Waals surface area contributed by atoms with Gasteiger partial charge in [0.25, 0.3) is 0 Å². The quantitative estimate of drug-likeness (QED) is 0.744. The minimum atomic E-state index is -0.113. The van der Waals surface area contributed by atoms with Crippen molar-refractivity contribution in [3.8, 4) is 0 Å². The predicted octanol–water partition coefficient (Wildman–Crippen LogP) is 3.97. The van der Waals surface area contributed by atoms with Gasteiger partial charge < -0.3 is 20.9 Å². The van der Waals surface area contributed by atoms with Gasteiger partial charge in [0.1, 0.15) is 0 Å². The van der Waals surface area contributed by atoms with Crippen LogP contribution in [0.15, 0.2) is 24.3 Å². The van der Waals surface area contributed by atoms with Gasteiger partial charge in [-0.2, -0.15) is 0 Å². The first-order valence-electron chi connectivity index (χ1n) is 9.49. The number of carbonyl (C=O) groups is 2. The maximum Gasteiger partial charge on any atom is 0.321 e. The van der Waals surface area contributed by atoms with Gasteiger partial charge in [-0.25, -0.2) is 9.59 Å². The van der Waals surface area contributed by atoms with E-state index in [4.69, 9.17) is 11.6 Å². The number of anilines is 1. The lowest BCUT2D eigenvalue weighted by Gasteiger charge is -2.33. The Morgan fingerprint density at radius 2 is 1.46 bits per heavy atom. The molecule has 1 saturated carbocycles. The fourth-order valence-electron chi connectivity index (χ4n) is 3.62. The number of nitrogens with one attached hydrogen (secondary N) is 3. The fraction of sp³-hybridized carbons (Fsp3) is 0.579. The average molecular weight is 379 g/mol. The van der Waals surface area contributed by atoms with Crippen molar-refractivity contribution in [2.75, 3.05) is 18.4 Å². The predicted molar refractivity (Wildman–Crippen MR) is 104 cm³/mol. The van der Waals surface area contributed by atoms with Crippen LogP contribution in [0.2, 0.25) is 5.02 Å². The Morgan fingerprint density at radius 1 is 0.885 bits per heavy atom. The number of hydrogen-bond acceptors (Lipinski definition) is 2. The number of carbonyl (C=O) groups excluding carboxylic acids is 2. The highest BCUT2D eigenvalue weighted by molar-refractivity contribution is 6.30. The maximum absolute atomic E-state index is 12.3. The van der Waals surface area contributed by atoms with Crippen molar-refractivity contribution in [1.29, 1.82) is 0 Å². The van der Waals surface area contributed by atoms with Crippen LogP contribution in [0.1, 0.15) is 44.9 Å². The Bertz CT molecular complexity index is 608. The van der Waals surface area contributed by atoms with Crippen LogP contribution in [-0.4, -0.2) is 42.1 Å². The van der Waals surface area contributed by atoms with Gasteiger partial charge in [-0.3, -0.25) is 0 Å². The van der Waals surface area contributed by atoms with Gasteiger partial charge in [-0.15, -0.1) is 0 Å². The number of hydrogen-bond donors (Lipinski definition) is 3. The van der Waals surface area contributed by atoms with Crippen molar-refractivity contribution >= 4 is 29.4 Å². The zero-order valence-electron chi connectivity index (χ0n) is 15.0.